The number of hydrogen-bond donors (Lipinski definition) is 1. The van der Waals surface area contributed by atoms with Crippen LogP contribution in [0, 0.1) is 0 Å². The molecule has 0 spiro atoms. The van der Waals surface area contributed by atoms with Gasteiger partial charge in [0.1, 0.15) is 0 Å². The van der Waals surface area contributed by atoms with Gasteiger partial charge < -0.3 is 5.11 Å². The summed E-state index contributed by atoms with van der Waals surface area (Å²) in [4.78, 5) is 12.2. The molecule has 0 aliphatic heterocycles. The molecule has 3 rings (SSSR count). The summed E-state index contributed by atoms with van der Waals surface area (Å²) in [6.07, 6.45) is 2.59. The zero-order valence-electron chi connectivity index (χ0n) is 10.8. The lowest BCUT2D eigenvalue weighted by molar-refractivity contribution is 0.0689. The summed E-state index contributed by atoms with van der Waals surface area (Å²) in [6.45, 7) is 0. The van der Waals surface area contributed by atoms with Crippen LogP contribution in [0.3, 0.4) is 0 Å². The lowest BCUT2D eigenvalue weighted by Crippen LogP contribution is -1.99. The maximum atomic E-state index is 11.0. The van der Waals surface area contributed by atoms with Crippen molar-refractivity contribution in [2.75, 3.05) is 0 Å². The molecule has 0 amide bonds. The van der Waals surface area contributed by atoms with Crippen molar-refractivity contribution in [2.24, 2.45) is 7.05 Å². The van der Waals surface area contributed by atoms with Gasteiger partial charge in [0.25, 0.3) is 0 Å². The highest BCUT2D eigenvalue weighted by Gasteiger charge is 2.23. The van der Waals surface area contributed by atoms with E-state index in [0.717, 1.165) is 21.0 Å². The number of thioether (sulfide) groups is 1. The Labute approximate surface area is 129 Å². The van der Waals surface area contributed by atoms with E-state index in [1.807, 2.05) is 23.9 Å². The SMILES string of the molecule is Cn1nc(C(=O)O)cc1-c1ccc(SC2CC2)c(Br)c1. The van der Waals surface area contributed by atoms with Crippen LogP contribution in [0.4, 0.5) is 0 Å². The molecule has 4 nitrogen and oxygen atoms in total. The number of aromatic carboxylic acids is 1. The van der Waals surface area contributed by atoms with Crippen LogP contribution >= 0.6 is 27.7 Å². The third-order valence-corrected chi connectivity index (χ3v) is 5.48. The first-order chi connectivity index (χ1) is 9.54. The lowest BCUT2D eigenvalue weighted by atomic mass is 10.1. The molecule has 104 valence electrons. The van der Waals surface area contributed by atoms with Crippen LogP contribution in [0.1, 0.15) is 23.3 Å². The average molecular weight is 353 g/mol. The van der Waals surface area contributed by atoms with Crippen LogP contribution in [-0.2, 0) is 7.05 Å². The van der Waals surface area contributed by atoms with Crippen LogP contribution in [0.15, 0.2) is 33.6 Å². The first kappa shape index (κ1) is 13.7. The van der Waals surface area contributed by atoms with Crippen LogP contribution < -0.4 is 0 Å². The van der Waals surface area contributed by atoms with E-state index in [2.05, 4.69) is 27.1 Å². The van der Waals surface area contributed by atoms with E-state index in [-0.39, 0.29) is 5.69 Å². The number of aryl methyl sites for hydroxylation is 1. The second-order valence-corrected chi connectivity index (χ2v) is 7.00. The number of nitrogens with zero attached hydrogens (tertiary/aromatic N) is 2. The zero-order valence-corrected chi connectivity index (χ0v) is 13.2. The van der Waals surface area contributed by atoms with Gasteiger partial charge in [-0.2, -0.15) is 5.10 Å². The van der Waals surface area contributed by atoms with Gasteiger partial charge in [0, 0.05) is 27.2 Å². The molecule has 1 aliphatic carbocycles. The molecule has 2 aromatic rings. The van der Waals surface area contributed by atoms with E-state index in [4.69, 9.17) is 5.11 Å². The fraction of sp³-hybridized carbons (Fsp3) is 0.286. The fourth-order valence-electron chi connectivity index (χ4n) is 1.96. The molecular weight excluding hydrogens is 340 g/mol. The van der Waals surface area contributed by atoms with Crippen molar-refractivity contribution in [3.63, 3.8) is 0 Å². The Morgan fingerprint density at radius 2 is 2.20 bits per heavy atom. The molecule has 1 aromatic carbocycles. The first-order valence-electron chi connectivity index (χ1n) is 6.28. The highest BCUT2D eigenvalue weighted by Crippen LogP contribution is 2.42. The maximum absolute atomic E-state index is 11.0. The van der Waals surface area contributed by atoms with Gasteiger partial charge in [-0.15, -0.1) is 11.8 Å². The van der Waals surface area contributed by atoms with Gasteiger partial charge in [-0.05, 0) is 47.0 Å². The Kier molecular flexibility index (Phi) is 3.60. The third-order valence-electron chi connectivity index (χ3n) is 3.14. The molecule has 0 bridgehead atoms. The number of carboxylic acids is 1. The Balaban J connectivity index is 1.93. The minimum Gasteiger partial charge on any atom is -0.476 e. The summed E-state index contributed by atoms with van der Waals surface area (Å²) < 4.78 is 2.64. The lowest BCUT2D eigenvalue weighted by Gasteiger charge is -2.07. The predicted octanol–water partition coefficient (Wildman–Crippen LogP) is 3.80. The number of carbonyl (C=O) groups is 1. The molecule has 6 heteroatoms. The Morgan fingerprint density at radius 1 is 1.45 bits per heavy atom. The molecule has 1 fully saturated rings. The summed E-state index contributed by atoms with van der Waals surface area (Å²) in [5.41, 5.74) is 1.82. The fourth-order valence-corrected chi connectivity index (χ4v) is 3.67. The molecule has 0 unspecified atom stereocenters. The van der Waals surface area contributed by atoms with Crippen molar-refractivity contribution < 1.29 is 9.90 Å². The van der Waals surface area contributed by atoms with Crippen molar-refractivity contribution in [3.8, 4) is 11.3 Å². The van der Waals surface area contributed by atoms with Gasteiger partial charge in [-0.25, -0.2) is 4.79 Å². The van der Waals surface area contributed by atoms with Crippen LogP contribution in [-0.4, -0.2) is 26.1 Å². The van der Waals surface area contributed by atoms with Crippen LogP contribution in [0.5, 0.6) is 0 Å². The minimum absolute atomic E-state index is 0.0649. The Bertz CT molecular complexity index is 680. The highest BCUT2D eigenvalue weighted by atomic mass is 79.9. The minimum atomic E-state index is -1.01. The number of rotatable bonds is 4. The van der Waals surface area contributed by atoms with E-state index in [0.29, 0.717) is 0 Å². The van der Waals surface area contributed by atoms with Crippen LogP contribution in [0.2, 0.25) is 0 Å². The van der Waals surface area contributed by atoms with Gasteiger partial charge in [0.2, 0.25) is 0 Å². The predicted molar refractivity (Wildman–Crippen MR) is 82.2 cm³/mol. The van der Waals surface area contributed by atoms with Gasteiger partial charge >= 0.3 is 5.97 Å². The molecule has 0 saturated heterocycles. The van der Waals surface area contributed by atoms with Crippen LogP contribution in [0.25, 0.3) is 11.3 Å². The summed E-state index contributed by atoms with van der Waals surface area (Å²) in [5.74, 6) is -1.01. The van der Waals surface area contributed by atoms with E-state index in [1.165, 1.54) is 17.7 Å². The molecule has 1 aliphatic rings. The molecule has 20 heavy (non-hydrogen) atoms. The van der Waals surface area contributed by atoms with Crippen molar-refractivity contribution in [3.05, 3.63) is 34.4 Å². The summed E-state index contributed by atoms with van der Waals surface area (Å²) in [5, 5.41) is 13.7. The zero-order chi connectivity index (χ0) is 14.3. The molecule has 1 heterocycles. The maximum Gasteiger partial charge on any atom is 0.356 e. The molecule has 1 saturated carbocycles. The molecule has 1 N–H and O–H groups in total. The number of carboxylic acid groups (broad SMARTS) is 1. The first-order valence-corrected chi connectivity index (χ1v) is 7.96. The smallest absolute Gasteiger partial charge is 0.356 e. The van der Waals surface area contributed by atoms with Gasteiger partial charge in [-0.3, -0.25) is 4.68 Å². The standard InChI is InChI=1S/C14H13BrN2O2S/c1-17-12(7-11(16-17)14(18)19)8-2-5-13(10(15)6-8)20-9-3-4-9/h2,5-7,9H,3-4H2,1H3,(H,18,19). The number of hydrogen-bond acceptors (Lipinski definition) is 3. The largest absolute Gasteiger partial charge is 0.476 e. The van der Waals surface area contributed by atoms with E-state index in [1.54, 1.807) is 17.8 Å². The summed E-state index contributed by atoms with van der Waals surface area (Å²) in [6, 6.07) is 7.71. The Hall–Kier alpha value is -1.27. The highest BCUT2D eigenvalue weighted by molar-refractivity contribution is 9.10. The normalized spacial score (nSPS) is 14.5. The van der Waals surface area contributed by atoms with Crippen molar-refractivity contribution >= 4 is 33.7 Å². The summed E-state index contributed by atoms with van der Waals surface area (Å²) >= 11 is 5.49. The van der Waals surface area contributed by atoms with Gasteiger partial charge in [0.05, 0.1) is 5.69 Å². The molecule has 0 radical (unpaired) electrons. The average Bonchev–Trinajstić information content (AvgIpc) is 3.12. The number of aromatic nitrogens is 2. The van der Waals surface area contributed by atoms with E-state index in [9.17, 15) is 4.79 Å². The van der Waals surface area contributed by atoms with Gasteiger partial charge in [-0.1, -0.05) is 6.07 Å². The monoisotopic (exact) mass is 352 g/mol. The molecule has 0 atom stereocenters. The summed E-state index contributed by atoms with van der Waals surface area (Å²) in [7, 11) is 1.75. The Morgan fingerprint density at radius 3 is 2.75 bits per heavy atom. The second kappa shape index (κ2) is 5.26. The molecule has 1 aromatic heterocycles. The quantitative estimate of drug-likeness (QED) is 0.908. The van der Waals surface area contributed by atoms with E-state index < -0.39 is 5.97 Å². The van der Waals surface area contributed by atoms with E-state index >= 15 is 0 Å². The van der Waals surface area contributed by atoms with Crippen molar-refractivity contribution in [1.29, 1.82) is 0 Å². The number of benzene rings is 1. The number of halogens is 1. The van der Waals surface area contributed by atoms with Gasteiger partial charge in [0.15, 0.2) is 5.69 Å². The van der Waals surface area contributed by atoms with Crippen molar-refractivity contribution in [1.82, 2.24) is 9.78 Å². The van der Waals surface area contributed by atoms with Crippen molar-refractivity contribution in [2.45, 2.75) is 23.0 Å². The second-order valence-electron chi connectivity index (χ2n) is 4.81. The third kappa shape index (κ3) is 2.76. The molecular formula is C14H13BrN2O2S. The topological polar surface area (TPSA) is 55.1 Å².